The predicted molar refractivity (Wildman–Crippen MR) is 118 cm³/mol. The highest BCUT2D eigenvalue weighted by atomic mass is 35.5. The average Bonchev–Trinajstić information content (AvgIpc) is 2.69. The summed E-state index contributed by atoms with van der Waals surface area (Å²) in [5, 5.41) is 38.5. The van der Waals surface area contributed by atoms with Crippen LogP contribution >= 0.6 is 11.6 Å². The quantitative estimate of drug-likeness (QED) is 0.331. The van der Waals surface area contributed by atoms with Gasteiger partial charge in [-0.05, 0) is 31.0 Å². The van der Waals surface area contributed by atoms with E-state index >= 15 is 0 Å². The fourth-order valence-electron chi connectivity index (χ4n) is 2.34. The number of halogens is 1. The zero-order valence-electron chi connectivity index (χ0n) is 16.7. The molecule has 4 N–H and O–H groups in total. The van der Waals surface area contributed by atoms with Gasteiger partial charge in [-0.1, -0.05) is 66.3 Å². The van der Waals surface area contributed by atoms with Crippen molar-refractivity contribution in [2.45, 2.75) is 44.0 Å². The maximum Gasteiger partial charge on any atom is 0.303 e. The van der Waals surface area contributed by atoms with E-state index < -0.39 is 24.3 Å². The number of carboxylic acids is 1. The highest BCUT2D eigenvalue weighted by molar-refractivity contribution is 6.30. The molecule has 0 heterocycles. The van der Waals surface area contributed by atoms with E-state index in [1.807, 2.05) is 0 Å². The number of hydrogen-bond acceptors (Lipinski definition) is 5. The van der Waals surface area contributed by atoms with Crippen LogP contribution in [0.3, 0.4) is 0 Å². The number of aliphatic hydroxyl groups excluding tert-OH is 3. The standard InChI is InChI=1S/C23H29ClO6/c24-18-9-7-11-20(17-18)30-16-15-19(25)10-5-3-1-2-4-6-12-21(26)22(27)13-8-14-23(28)29/h1-7,9-12,17,19,21-22,25-27H,8,13-16H2,(H,28,29)/b3-1+,4-2+,10-5+,12-6+. The Labute approximate surface area is 182 Å². The predicted octanol–water partition coefficient (Wildman–Crippen LogP) is 3.67. The van der Waals surface area contributed by atoms with Crippen molar-refractivity contribution in [2.75, 3.05) is 6.61 Å². The van der Waals surface area contributed by atoms with Crippen molar-refractivity contribution >= 4 is 17.6 Å². The van der Waals surface area contributed by atoms with Gasteiger partial charge in [-0.3, -0.25) is 4.79 Å². The lowest BCUT2D eigenvalue weighted by molar-refractivity contribution is -0.137. The molecule has 0 saturated heterocycles. The van der Waals surface area contributed by atoms with E-state index in [0.29, 0.717) is 30.2 Å². The van der Waals surface area contributed by atoms with Crippen molar-refractivity contribution < 1.29 is 30.0 Å². The molecule has 0 amide bonds. The number of rotatable bonds is 14. The van der Waals surface area contributed by atoms with Crippen LogP contribution in [0, 0.1) is 0 Å². The van der Waals surface area contributed by atoms with Crippen LogP contribution in [-0.2, 0) is 4.79 Å². The van der Waals surface area contributed by atoms with Gasteiger partial charge in [0, 0.05) is 17.9 Å². The Hall–Kier alpha value is -2.38. The molecule has 0 radical (unpaired) electrons. The van der Waals surface area contributed by atoms with E-state index in [-0.39, 0.29) is 12.8 Å². The average molecular weight is 437 g/mol. The van der Waals surface area contributed by atoms with Crippen molar-refractivity contribution in [2.24, 2.45) is 0 Å². The molecule has 7 heteroatoms. The molecule has 0 bridgehead atoms. The van der Waals surface area contributed by atoms with Gasteiger partial charge in [0.05, 0.1) is 24.9 Å². The third-order valence-corrected chi connectivity index (χ3v) is 4.20. The van der Waals surface area contributed by atoms with E-state index in [4.69, 9.17) is 21.4 Å². The first kappa shape index (κ1) is 25.7. The van der Waals surface area contributed by atoms with E-state index in [1.54, 1.807) is 66.8 Å². The van der Waals surface area contributed by atoms with Gasteiger partial charge in [0.25, 0.3) is 0 Å². The maximum absolute atomic E-state index is 10.4. The van der Waals surface area contributed by atoms with Gasteiger partial charge in [-0.15, -0.1) is 0 Å². The van der Waals surface area contributed by atoms with Crippen LogP contribution in [0.15, 0.2) is 72.9 Å². The Kier molecular flexibility index (Phi) is 13.2. The molecule has 1 aromatic carbocycles. The monoisotopic (exact) mass is 436 g/mol. The van der Waals surface area contributed by atoms with Crippen LogP contribution in [0.1, 0.15) is 25.7 Å². The second kappa shape index (κ2) is 15.5. The van der Waals surface area contributed by atoms with Gasteiger partial charge in [0.2, 0.25) is 0 Å². The number of aliphatic carboxylic acids is 1. The van der Waals surface area contributed by atoms with Crippen LogP contribution in [-0.4, -0.2) is 51.3 Å². The second-order valence-electron chi connectivity index (χ2n) is 6.55. The number of benzene rings is 1. The summed E-state index contributed by atoms with van der Waals surface area (Å²) in [6, 6.07) is 7.08. The van der Waals surface area contributed by atoms with Gasteiger partial charge in [-0.25, -0.2) is 0 Å². The number of carbonyl (C=O) groups is 1. The summed E-state index contributed by atoms with van der Waals surface area (Å²) in [4.78, 5) is 10.4. The van der Waals surface area contributed by atoms with Crippen LogP contribution in [0.25, 0.3) is 0 Å². The minimum absolute atomic E-state index is 0.0324. The van der Waals surface area contributed by atoms with Gasteiger partial charge >= 0.3 is 5.97 Å². The van der Waals surface area contributed by atoms with Gasteiger partial charge in [0.1, 0.15) is 5.75 Å². The highest BCUT2D eigenvalue weighted by Crippen LogP contribution is 2.17. The first-order valence-electron chi connectivity index (χ1n) is 9.71. The minimum atomic E-state index is -1.04. The number of carboxylic acid groups (broad SMARTS) is 1. The number of allylic oxidation sites excluding steroid dienone is 6. The zero-order chi connectivity index (χ0) is 22.2. The summed E-state index contributed by atoms with van der Waals surface area (Å²) in [6.45, 7) is 0.366. The Morgan fingerprint density at radius 3 is 2.33 bits per heavy atom. The van der Waals surface area contributed by atoms with E-state index in [0.717, 1.165) is 0 Å². The molecule has 0 aromatic heterocycles. The largest absolute Gasteiger partial charge is 0.493 e. The normalized spacial score (nSPS) is 15.3. The first-order chi connectivity index (χ1) is 14.4. The number of ether oxygens (including phenoxy) is 1. The van der Waals surface area contributed by atoms with Gasteiger partial charge < -0.3 is 25.2 Å². The molecule has 6 nitrogen and oxygen atoms in total. The lowest BCUT2D eigenvalue weighted by atomic mass is 10.1. The van der Waals surface area contributed by atoms with Crippen molar-refractivity contribution in [3.63, 3.8) is 0 Å². The SMILES string of the molecule is O=C(O)CCCC(O)C(O)/C=C/C=C/C=C/C=C/C(O)CCOc1cccc(Cl)c1. The smallest absolute Gasteiger partial charge is 0.303 e. The molecule has 0 spiro atoms. The third kappa shape index (κ3) is 13.0. The summed E-state index contributed by atoms with van der Waals surface area (Å²) < 4.78 is 5.52. The van der Waals surface area contributed by atoms with E-state index in [9.17, 15) is 20.1 Å². The third-order valence-electron chi connectivity index (χ3n) is 3.96. The van der Waals surface area contributed by atoms with Gasteiger partial charge in [-0.2, -0.15) is 0 Å². The molecule has 0 aliphatic carbocycles. The molecular weight excluding hydrogens is 408 g/mol. The molecule has 164 valence electrons. The Morgan fingerprint density at radius 1 is 1.00 bits per heavy atom. The minimum Gasteiger partial charge on any atom is -0.493 e. The van der Waals surface area contributed by atoms with E-state index in [1.165, 1.54) is 6.08 Å². The first-order valence-corrected chi connectivity index (χ1v) is 10.1. The summed E-state index contributed by atoms with van der Waals surface area (Å²) >= 11 is 5.87. The lowest BCUT2D eigenvalue weighted by Crippen LogP contribution is -2.23. The summed E-state index contributed by atoms with van der Waals surface area (Å²) in [5.41, 5.74) is 0. The summed E-state index contributed by atoms with van der Waals surface area (Å²) in [6.07, 6.45) is 11.6. The van der Waals surface area contributed by atoms with Crippen LogP contribution in [0.4, 0.5) is 0 Å². The van der Waals surface area contributed by atoms with E-state index in [2.05, 4.69) is 0 Å². The molecule has 1 aromatic rings. The Morgan fingerprint density at radius 2 is 1.67 bits per heavy atom. The lowest BCUT2D eigenvalue weighted by Gasteiger charge is -2.13. The topological polar surface area (TPSA) is 107 Å². The van der Waals surface area contributed by atoms with Crippen LogP contribution in [0.2, 0.25) is 5.02 Å². The molecule has 0 saturated carbocycles. The Balaban J connectivity index is 2.21. The van der Waals surface area contributed by atoms with Crippen molar-refractivity contribution in [3.05, 3.63) is 77.9 Å². The Bertz CT molecular complexity index is 741. The summed E-state index contributed by atoms with van der Waals surface area (Å²) in [5.74, 6) is -0.260. The molecule has 30 heavy (non-hydrogen) atoms. The molecule has 0 aliphatic rings. The fraction of sp³-hybridized carbons (Fsp3) is 0.348. The number of hydrogen-bond donors (Lipinski definition) is 4. The highest BCUT2D eigenvalue weighted by Gasteiger charge is 2.12. The van der Waals surface area contributed by atoms with Crippen molar-refractivity contribution in [3.8, 4) is 5.75 Å². The molecule has 0 fully saturated rings. The fourth-order valence-corrected chi connectivity index (χ4v) is 2.52. The number of aliphatic hydroxyl groups is 3. The van der Waals surface area contributed by atoms with Crippen molar-refractivity contribution in [1.29, 1.82) is 0 Å². The maximum atomic E-state index is 10.4. The van der Waals surface area contributed by atoms with Crippen molar-refractivity contribution in [1.82, 2.24) is 0 Å². The zero-order valence-corrected chi connectivity index (χ0v) is 17.4. The molecule has 3 atom stereocenters. The molecule has 3 unspecified atom stereocenters. The molecular formula is C23H29ClO6. The van der Waals surface area contributed by atoms with Crippen LogP contribution in [0.5, 0.6) is 5.75 Å². The second-order valence-corrected chi connectivity index (χ2v) is 6.98. The van der Waals surface area contributed by atoms with Crippen LogP contribution < -0.4 is 4.74 Å². The molecule has 1 rings (SSSR count). The summed E-state index contributed by atoms with van der Waals surface area (Å²) in [7, 11) is 0. The molecule has 0 aliphatic heterocycles. The van der Waals surface area contributed by atoms with Gasteiger partial charge in [0.15, 0.2) is 0 Å².